The van der Waals surface area contributed by atoms with E-state index >= 15 is 0 Å². The van der Waals surface area contributed by atoms with Gasteiger partial charge in [-0.3, -0.25) is 0 Å². The van der Waals surface area contributed by atoms with Gasteiger partial charge in [-0.1, -0.05) is 135 Å². The van der Waals surface area contributed by atoms with E-state index in [2.05, 4.69) is 121 Å². The minimum atomic E-state index is 0.260. The zero-order chi connectivity index (χ0) is 22.0. The van der Waals surface area contributed by atoms with E-state index in [1.54, 1.807) is 0 Å². The van der Waals surface area contributed by atoms with E-state index in [1.807, 2.05) is 13.8 Å². The van der Waals surface area contributed by atoms with E-state index in [1.165, 1.54) is 11.1 Å². The van der Waals surface area contributed by atoms with Gasteiger partial charge in [-0.25, -0.2) is 0 Å². The molecule has 0 fully saturated rings. The van der Waals surface area contributed by atoms with Crippen LogP contribution in [0.3, 0.4) is 0 Å². The highest BCUT2D eigenvalue weighted by Gasteiger charge is 2.16. The van der Waals surface area contributed by atoms with Crippen LogP contribution in [0.15, 0.2) is 24.3 Å². The minimum absolute atomic E-state index is 0.260. The molecule has 0 saturated heterocycles. The predicted molar refractivity (Wildman–Crippen MR) is 125 cm³/mol. The van der Waals surface area contributed by atoms with E-state index in [9.17, 15) is 0 Å². The fraction of sp³-hybridized carbons (Fsp3) is 0.769. The summed E-state index contributed by atoms with van der Waals surface area (Å²) in [6.45, 7) is 35.0. The van der Waals surface area contributed by atoms with Gasteiger partial charge in [0.15, 0.2) is 0 Å². The van der Waals surface area contributed by atoms with Crippen LogP contribution in [-0.4, -0.2) is 0 Å². The molecule has 1 aromatic rings. The fourth-order valence-electron chi connectivity index (χ4n) is 1.47. The molecule has 0 heteroatoms. The molecule has 0 atom stereocenters. The average Bonchev–Trinajstić information content (AvgIpc) is 2.35. The van der Waals surface area contributed by atoms with Gasteiger partial charge in [0, 0.05) is 0 Å². The van der Waals surface area contributed by atoms with E-state index in [-0.39, 0.29) is 10.8 Å². The molecule has 1 rings (SSSR count). The van der Waals surface area contributed by atoms with Crippen LogP contribution < -0.4 is 0 Å². The van der Waals surface area contributed by atoms with Crippen molar-refractivity contribution >= 4 is 0 Å². The Morgan fingerprint density at radius 1 is 0.385 bits per heavy atom. The Bertz CT molecular complexity index is 376. The molecule has 0 spiro atoms. The second kappa shape index (κ2) is 11.8. The molecule has 0 N–H and O–H groups in total. The third kappa shape index (κ3) is 25.5. The molecule has 0 amide bonds. The van der Waals surface area contributed by atoms with Crippen molar-refractivity contribution < 1.29 is 0 Å². The van der Waals surface area contributed by atoms with Crippen molar-refractivity contribution in [2.75, 3.05) is 0 Å². The van der Waals surface area contributed by atoms with Crippen molar-refractivity contribution in [3.63, 3.8) is 0 Å². The largest absolute Gasteiger partial charge is 0.0683 e. The molecule has 0 saturated carbocycles. The highest BCUT2D eigenvalue weighted by Crippen LogP contribution is 2.26. The van der Waals surface area contributed by atoms with E-state index < -0.39 is 0 Å². The lowest BCUT2D eigenvalue weighted by molar-refractivity contribution is 0.469. The SMILES string of the molecule is CC.CC(C)(C)C.CC(C)(C)C.CC(C)(C)c1ccc(C(C)(C)C)cc1. The Morgan fingerprint density at radius 3 is 0.577 bits per heavy atom. The first-order chi connectivity index (χ1) is 11.2. The maximum atomic E-state index is 2.25. The molecule has 0 aliphatic heterocycles. The molecule has 0 aromatic heterocycles. The summed E-state index contributed by atoms with van der Waals surface area (Å²) in [6.07, 6.45) is 0. The summed E-state index contributed by atoms with van der Waals surface area (Å²) in [5.41, 5.74) is 4.34. The van der Waals surface area contributed by atoms with Crippen molar-refractivity contribution in [2.24, 2.45) is 10.8 Å². The first kappa shape index (κ1) is 30.0. The molecule has 0 heterocycles. The van der Waals surface area contributed by atoms with Crippen LogP contribution in [0.25, 0.3) is 0 Å². The van der Waals surface area contributed by atoms with Crippen LogP contribution in [-0.2, 0) is 10.8 Å². The Morgan fingerprint density at radius 2 is 0.500 bits per heavy atom. The molecular formula is C26H52. The van der Waals surface area contributed by atoms with Crippen molar-refractivity contribution in [3.05, 3.63) is 35.4 Å². The molecule has 1 aromatic carbocycles. The summed E-state index contributed by atoms with van der Waals surface area (Å²) in [6, 6.07) is 9.00. The predicted octanol–water partition coefficient (Wildman–Crippen LogP) is 9.41. The quantitative estimate of drug-likeness (QED) is 0.430. The van der Waals surface area contributed by atoms with Crippen molar-refractivity contribution in [2.45, 2.75) is 122 Å². The van der Waals surface area contributed by atoms with E-state index in [0.717, 1.165) is 0 Å². The third-order valence-corrected chi connectivity index (χ3v) is 2.62. The van der Waals surface area contributed by atoms with Crippen LogP contribution in [0.1, 0.15) is 122 Å². The summed E-state index contributed by atoms with van der Waals surface area (Å²) in [5, 5.41) is 0. The van der Waals surface area contributed by atoms with Gasteiger partial charge in [0.05, 0.1) is 0 Å². The lowest BCUT2D eigenvalue weighted by Gasteiger charge is -2.23. The van der Waals surface area contributed by atoms with Crippen LogP contribution in [0.4, 0.5) is 0 Å². The molecule has 0 radical (unpaired) electrons. The normalized spacial score (nSPS) is 11.8. The Kier molecular flexibility index (Phi) is 13.6. The monoisotopic (exact) mass is 364 g/mol. The van der Waals surface area contributed by atoms with Crippen LogP contribution in [0, 0.1) is 10.8 Å². The van der Waals surface area contributed by atoms with Crippen molar-refractivity contribution in [1.82, 2.24) is 0 Å². The van der Waals surface area contributed by atoms with Crippen LogP contribution in [0.5, 0.6) is 0 Å². The molecule has 0 aliphatic carbocycles. The standard InChI is InChI=1S/C14H22.2C5H12.C2H6/c1-13(2,3)11-7-9-12(10-8-11)14(4,5)6;2*1-5(2,3)4;1-2/h7-10H,1-6H3;2*1-4H3;1-2H3. The number of rotatable bonds is 0. The van der Waals surface area contributed by atoms with Gasteiger partial charge in [-0.2, -0.15) is 0 Å². The van der Waals surface area contributed by atoms with Crippen molar-refractivity contribution in [1.29, 1.82) is 0 Å². The number of hydrogen-bond acceptors (Lipinski definition) is 0. The molecule has 26 heavy (non-hydrogen) atoms. The topological polar surface area (TPSA) is 0 Å². The maximum Gasteiger partial charge on any atom is -0.0132 e. The lowest BCUT2D eigenvalue weighted by Crippen LogP contribution is -2.14. The summed E-state index contributed by atoms with van der Waals surface area (Å²) in [5.74, 6) is 0. The van der Waals surface area contributed by atoms with Gasteiger partial charge in [-0.05, 0) is 32.8 Å². The van der Waals surface area contributed by atoms with Crippen LogP contribution in [0.2, 0.25) is 0 Å². The Hall–Kier alpha value is -0.780. The fourth-order valence-corrected chi connectivity index (χ4v) is 1.47. The highest BCUT2D eigenvalue weighted by atomic mass is 14.2. The highest BCUT2D eigenvalue weighted by molar-refractivity contribution is 5.30. The average molecular weight is 365 g/mol. The van der Waals surface area contributed by atoms with Gasteiger partial charge in [0.1, 0.15) is 0 Å². The molecule has 0 bridgehead atoms. The summed E-state index contributed by atoms with van der Waals surface area (Å²) in [4.78, 5) is 0. The zero-order valence-electron chi connectivity index (χ0n) is 21.3. The second-order valence-corrected chi connectivity index (χ2v) is 12.1. The van der Waals surface area contributed by atoms with Gasteiger partial charge in [0.2, 0.25) is 0 Å². The molecule has 0 nitrogen and oxygen atoms in total. The van der Waals surface area contributed by atoms with E-state index in [4.69, 9.17) is 0 Å². The summed E-state index contributed by atoms with van der Waals surface area (Å²) in [7, 11) is 0. The van der Waals surface area contributed by atoms with Crippen LogP contribution >= 0.6 is 0 Å². The summed E-state index contributed by atoms with van der Waals surface area (Å²) >= 11 is 0. The van der Waals surface area contributed by atoms with E-state index in [0.29, 0.717) is 10.8 Å². The molecule has 0 unspecified atom stereocenters. The Labute approximate surface area is 168 Å². The van der Waals surface area contributed by atoms with Gasteiger partial charge < -0.3 is 0 Å². The van der Waals surface area contributed by atoms with Crippen molar-refractivity contribution in [3.8, 4) is 0 Å². The number of hydrogen-bond donors (Lipinski definition) is 0. The first-order valence-electron chi connectivity index (χ1n) is 10.3. The first-order valence-corrected chi connectivity index (χ1v) is 10.3. The maximum absolute atomic E-state index is 2.25. The molecule has 0 aliphatic rings. The van der Waals surface area contributed by atoms with Gasteiger partial charge in [-0.15, -0.1) is 0 Å². The third-order valence-electron chi connectivity index (χ3n) is 2.62. The number of benzene rings is 1. The molecule has 156 valence electrons. The zero-order valence-corrected chi connectivity index (χ0v) is 21.3. The Balaban J connectivity index is -0.000000366. The van der Waals surface area contributed by atoms with Gasteiger partial charge in [0.25, 0.3) is 0 Å². The second-order valence-electron chi connectivity index (χ2n) is 12.1. The van der Waals surface area contributed by atoms with Gasteiger partial charge >= 0.3 is 0 Å². The summed E-state index contributed by atoms with van der Waals surface area (Å²) < 4.78 is 0. The smallest absolute Gasteiger partial charge is 0.0132 e. The lowest BCUT2D eigenvalue weighted by atomic mass is 9.82. The molecular weight excluding hydrogens is 312 g/mol. The minimum Gasteiger partial charge on any atom is -0.0683 e.